The molecule has 3 aromatic heterocycles. The number of hydrogen-bond donors (Lipinski definition) is 0. The fraction of sp³-hybridized carbons (Fsp3) is 0.208. The van der Waals surface area contributed by atoms with Crippen LogP contribution in [0, 0.1) is 19.7 Å². The molecule has 0 atom stereocenters. The van der Waals surface area contributed by atoms with Crippen LogP contribution in [0.3, 0.4) is 0 Å². The van der Waals surface area contributed by atoms with Gasteiger partial charge < -0.3 is 13.7 Å². The lowest BCUT2D eigenvalue weighted by molar-refractivity contribution is 0.393. The van der Waals surface area contributed by atoms with Crippen LogP contribution in [0.15, 0.2) is 59.4 Å². The zero-order valence-corrected chi connectivity index (χ0v) is 17.6. The number of rotatable bonds is 5. The van der Waals surface area contributed by atoms with Crippen LogP contribution >= 0.6 is 0 Å². The highest BCUT2D eigenvalue weighted by atomic mass is 19.1. The predicted molar refractivity (Wildman–Crippen MR) is 117 cm³/mol. The minimum absolute atomic E-state index is 0.278. The maximum atomic E-state index is 13.7. The van der Waals surface area contributed by atoms with Gasteiger partial charge in [-0.05, 0) is 50.6 Å². The Morgan fingerprint density at radius 3 is 2.68 bits per heavy atom. The molecule has 0 spiro atoms. The molecule has 0 saturated carbocycles. The number of nitrogens with zero attached hydrogens (tertiary/aromatic N) is 5. The van der Waals surface area contributed by atoms with Crippen LogP contribution < -0.4 is 0 Å². The summed E-state index contributed by atoms with van der Waals surface area (Å²) in [5.41, 5.74) is 5.65. The second-order valence-electron chi connectivity index (χ2n) is 7.56. The summed E-state index contributed by atoms with van der Waals surface area (Å²) in [6.07, 6.45) is 3.63. The number of benzene rings is 2. The number of fused-ring (bicyclic) bond motifs is 1. The molecule has 0 aliphatic heterocycles. The third-order valence-corrected chi connectivity index (χ3v) is 5.58. The number of imidazole rings is 2. The maximum Gasteiger partial charge on any atom is 0.141 e. The van der Waals surface area contributed by atoms with Crippen molar-refractivity contribution < 1.29 is 8.91 Å². The number of aromatic nitrogens is 5. The largest absolute Gasteiger partial charge is 0.361 e. The Labute approximate surface area is 179 Å². The summed E-state index contributed by atoms with van der Waals surface area (Å²) in [7, 11) is 0. The van der Waals surface area contributed by atoms with Crippen LogP contribution in [0.4, 0.5) is 4.39 Å². The Balaban J connectivity index is 1.56. The van der Waals surface area contributed by atoms with Crippen LogP contribution in [-0.4, -0.2) is 24.3 Å². The minimum Gasteiger partial charge on any atom is -0.361 e. The van der Waals surface area contributed by atoms with E-state index in [0.29, 0.717) is 12.4 Å². The van der Waals surface area contributed by atoms with E-state index in [2.05, 4.69) is 39.8 Å². The van der Waals surface area contributed by atoms with Crippen molar-refractivity contribution in [3.8, 4) is 22.5 Å². The van der Waals surface area contributed by atoms with Crippen molar-refractivity contribution in [2.75, 3.05) is 0 Å². The zero-order chi connectivity index (χ0) is 21.5. The van der Waals surface area contributed by atoms with Crippen molar-refractivity contribution in [2.45, 2.75) is 33.9 Å². The van der Waals surface area contributed by atoms with Gasteiger partial charge in [0, 0.05) is 30.1 Å². The highest BCUT2D eigenvalue weighted by Crippen LogP contribution is 2.30. The fourth-order valence-electron chi connectivity index (χ4n) is 4.18. The third kappa shape index (κ3) is 3.32. The van der Waals surface area contributed by atoms with E-state index in [4.69, 9.17) is 9.51 Å². The highest BCUT2D eigenvalue weighted by Gasteiger charge is 2.16. The molecule has 0 aliphatic rings. The van der Waals surface area contributed by atoms with Crippen molar-refractivity contribution in [2.24, 2.45) is 0 Å². The smallest absolute Gasteiger partial charge is 0.141 e. The summed E-state index contributed by atoms with van der Waals surface area (Å²) in [4.78, 5) is 9.37. The summed E-state index contributed by atoms with van der Waals surface area (Å²) in [5.74, 6) is 2.15. The molecule has 0 bridgehead atoms. The highest BCUT2D eigenvalue weighted by molar-refractivity contribution is 5.83. The van der Waals surface area contributed by atoms with Crippen LogP contribution in [0.5, 0.6) is 0 Å². The number of halogens is 1. The van der Waals surface area contributed by atoms with E-state index in [1.54, 1.807) is 12.3 Å². The molecule has 156 valence electrons. The standard InChI is InChI=1S/C24H22FN5O/c1-4-30-21-9-8-17(23-15(2)28-31-16(23)3)13-20(21)27-22(30)14-29-11-10-26-24(29)18-6-5-7-19(25)12-18/h5-13H,4,14H2,1-3H3. The van der Waals surface area contributed by atoms with Gasteiger partial charge >= 0.3 is 0 Å². The lowest BCUT2D eigenvalue weighted by Gasteiger charge is -2.10. The van der Waals surface area contributed by atoms with Crippen LogP contribution in [-0.2, 0) is 13.1 Å². The summed E-state index contributed by atoms with van der Waals surface area (Å²) in [6, 6.07) is 12.8. The molecule has 5 aromatic rings. The first-order valence-corrected chi connectivity index (χ1v) is 10.2. The van der Waals surface area contributed by atoms with Crippen molar-refractivity contribution in [3.05, 3.63) is 78.0 Å². The van der Waals surface area contributed by atoms with Crippen LogP contribution in [0.1, 0.15) is 24.2 Å². The molecular formula is C24H22FN5O. The van der Waals surface area contributed by atoms with E-state index in [-0.39, 0.29) is 5.82 Å². The summed E-state index contributed by atoms with van der Waals surface area (Å²) in [5, 5.41) is 4.07. The van der Waals surface area contributed by atoms with E-state index in [0.717, 1.165) is 51.5 Å². The lowest BCUT2D eigenvalue weighted by Crippen LogP contribution is -2.08. The first kappa shape index (κ1) is 19.2. The van der Waals surface area contributed by atoms with Gasteiger partial charge in [-0.3, -0.25) is 0 Å². The van der Waals surface area contributed by atoms with Crippen molar-refractivity contribution in [3.63, 3.8) is 0 Å². The van der Waals surface area contributed by atoms with Gasteiger partial charge in [0.1, 0.15) is 23.2 Å². The van der Waals surface area contributed by atoms with E-state index in [1.165, 1.54) is 12.1 Å². The minimum atomic E-state index is -0.278. The SMILES string of the molecule is CCn1c(Cn2ccnc2-c2cccc(F)c2)nc2cc(-c3c(C)noc3C)ccc21. The lowest BCUT2D eigenvalue weighted by atomic mass is 10.0. The van der Waals surface area contributed by atoms with Gasteiger partial charge in [0.15, 0.2) is 0 Å². The molecule has 0 unspecified atom stereocenters. The molecule has 7 heteroatoms. The summed E-state index contributed by atoms with van der Waals surface area (Å²) in [6.45, 7) is 7.30. The van der Waals surface area contributed by atoms with Crippen LogP contribution in [0.2, 0.25) is 0 Å². The molecule has 0 fully saturated rings. The van der Waals surface area contributed by atoms with Crippen molar-refractivity contribution >= 4 is 11.0 Å². The third-order valence-electron chi connectivity index (χ3n) is 5.58. The predicted octanol–water partition coefficient (Wildman–Crippen LogP) is 5.38. The zero-order valence-electron chi connectivity index (χ0n) is 17.6. The second kappa shape index (κ2) is 7.50. The maximum absolute atomic E-state index is 13.7. The Kier molecular flexibility index (Phi) is 4.66. The Morgan fingerprint density at radius 2 is 1.94 bits per heavy atom. The van der Waals surface area contributed by atoms with E-state index < -0.39 is 0 Å². The van der Waals surface area contributed by atoms with Gasteiger partial charge in [-0.2, -0.15) is 0 Å². The van der Waals surface area contributed by atoms with E-state index in [1.807, 2.05) is 30.7 Å². The normalized spacial score (nSPS) is 11.5. The molecule has 5 rings (SSSR count). The Bertz CT molecular complexity index is 1380. The van der Waals surface area contributed by atoms with Gasteiger partial charge in [-0.25, -0.2) is 14.4 Å². The average Bonchev–Trinajstić information content (AvgIpc) is 3.44. The fourth-order valence-corrected chi connectivity index (χ4v) is 4.18. The van der Waals surface area contributed by atoms with Crippen molar-refractivity contribution in [1.29, 1.82) is 0 Å². The summed E-state index contributed by atoms with van der Waals surface area (Å²) < 4.78 is 23.2. The Morgan fingerprint density at radius 1 is 1.06 bits per heavy atom. The average molecular weight is 415 g/mol. The molecule has 6 nitrogen and oxygen atoms in total. The second-order valence-corrected chi connectivity index (χ2v) is 7.56. The number of hydrogen-bond acceptors (Lipinski definition) is 4. The molecule has 0 amide bonds. The molecular weight excluding hydrogens is 393 g/mol. The topological polar surface area (TPSA) is 61.7 Å². The van der Waals surface area contributed by atoms with Gasteiger partial charge in [-0.1, -0.05) is 23.4 Å². The molecule has 0 aliphatic carbocycles. The van der Waals surface area contributed by atoms with Gasteiger partial charge in [0.2, 0.25) is 0 Å². The van der Waals surface area contributed by atoms with E-state index >= 15 is 0 Å². The molecule has 31 heavy (non-hydrogen) atoms. The van der Waals surface area contributed by atoms with Gasteiger partial charge in [0.25, 0.3) is 0 Å². The molecule has 0 N–H and O–H groups in total. The molecule has 3 heterocycles. The molecule has 0 saturated heterocycles. The quantitative estimate of drug-likeness (QED) is 0.387. The van der Waals surface area contributed by atoms with Gasteiger partial charge in [-0.15, -0.1) is 0 Å². The van der Waals surface area contributed by atoms with E-state index in [9.17, 15) is 4.39 Å². The van der Waals surface area contributed by atoms with Gasteiger partial charge in [0.05, 0.1) is 23.3 Å². The first-order chi connectivity index (χ1) is 15.0. The van der Waals surface area contributed by atoms with Crippen LogP contribution in [0.25, 0.3) is 33.5 Å². The monoisotopic (exact) mass is 415 g/mol. The Hall–Kier alpha value is -3.74. The molecule has 0 radical (unpaired) electrons. The first-order valence-electron chi connectivity index (χ1n) is 10.2. The summed E-state index contributed by atoms with van der Waals surface area (Å²) >= 11 is 0. The molecule has 2 aromatic carbocycles. The van der Waals surface area contributed by atoms with Crippen molar-refractivity contribution in [1.82, 2.24) is 24.3 Å². The number of aryl methyl sites for hydroxylation is 3.